The molecule has 0 N–H and O–H groups in total. The first-order valence-corrected chi connectivity index (χ1v) is 3.36. The highest BCUT2D eigenvalue weighted by Gasteiger charge is 2.09. The molecule has 0 nitrogen and oxygen atoms in total. The maximum absolute atomic E-state index is 3.62. The predicted molar refractivity (Wildman–Crippen MR) is 47.3 cm³/mol. The summed E-state index contributed by atoms with van der Waals surface area (Å²) >= 11 is 2.21. The summed E-state index contributed by atoms with van der Waals surface area (Å²) in [6.07, 6.45) is 5.40. The zero-order valence-corrected chi connectivity index (χ0v) is 6.89. The van der Waals surface area contributed by atoms with Gasteiger partial charge in [-0.2, -0.15) is 0 Å². The minimum absolute atomic E-state index is 0.113. The van der Waals surface area contributed by atoms with E-state index in [4.69, 9.17) is 0 Å². The van der Waals surface area contributed by atoms with Crippen molar-refractivity contribution in [1.82, 2.24) is 0 Å². The molecule has 0 aliphatic carbocycles. The van der Waals surface area contributed by atoms with E-state index in [2.05, 4.69) is 42.3 Å². The lowest BCUT2D eigenvalue weighted by molar-refractivity contribution is 1.21. The molecule has 8 heavy (non-hydrogen) atoms. The Morgan fingerprint density at radius 3 is 1.25 bits per heavy atom. The lowest BCUT2D eigenvalue weighted by atomic mass is 10.1. The molecule has 0 aromatic rings. The fourth-order valence-corrected chi connectivity index (χ4v) is 0.250. The van der Waals surface area contributed by atoms with Crippen LogP contribution in [-0.2, 0) is 0 Å². The Morgan fingerprint density at radius 2 is 1.25 bits per heavy atom. The number of hydrogen-bond acceptors (Lipinski definition) is 0. The molecule has 0 saturated carbocycles. The maximum atomic E-state index is 3.62. The van der Waals surface area contributed by atoms with Crippen molar-refractivity contribution in [2.75, 3.05) is 0 Å². The molecule has 0 heterocycles. The van der Waals surface area contributed by atoms with Crippen molar-refractivity contribution in [2.24, 2.45) is 0 Å². The summed E-state index contributed by atoms with van der Waals surface area (Å²) in [5.74, 6) is 0. The summed E-state index contributed by atoms with van der Waals surface area (Å²) in [7, 11) is 0. The van der Waals surface area contributed by atoms with Crippen molar-refractivity contribution in [1.29, 1.82) is 0 Å². The molecule has 1 heteroatoms. The van der Waals surface area contributed by atoms with Crippen LogP contribution in [-0.4, -0.2) is 3.42 Å². The van der Waals surface area contributed by atoms with Crippen LogP contribution in [0.3, 0.4) is 0 Å². The van der Waals surface area contributed by atoms with Gasteiger partial charge in [-0.25, -0.2) is 0 Å². The molecular weight excluding hydrogens is 211 g/mol. The van der Waals surface area contributed by atoms with Gasteiger partial charge in [0.2, 0.25) is 0 Å². The monoisotopic (exact) mass is 220 g/mol. The number of alkyl halides is 1. The van der Waals surface area contributed by atoms with Crippen LogP contribution in [0.2, 0.25) is 0 Å². The van der Waals surface area contributed by atoms with Crippen LogP contribution in [0.15, 0.2) is 38.0 Å². The molecule has 0 fully saturated rings. The van der Waals surface area contributed by atoms with Gasteiger partial charge in [-0.3, -0.25) is 0 Å². The average Bonchev–Trinajstić information content (AvgIpc) is 1.87. The smallest absolute Gasteiger partial charge is 0.0753 e. The van der Waals surface area contributed by atoms with Crippen LogP contribution >= 0.6 is 22.6 Å². The molecule has 0 atom stereocenters. The van der Waals surface area contributed by atoms with Gasteiger partial charge in [-0.15, -0.1) is 19.7 Å². The first-order chi connectivity index (χ1) is 3.68. The van der Waals surface area contributed by atoms with Crippen molar-refractivity contribution >= 4 is 22.6 Å². The topological polar surface area (TPSA) is 0 Å². The standard InChI is InChI=1S/C7H9I/c1-4-7(8,5-2)6-3/h4-6H,1-3H2. The Kier molecular flexibility index (Phi) is 3.05. The van der Waals surface area contributed by atoms with E-state index < -0.39 is 0 Å². The zero-order chi connectivity index (χ0) is 6.62. The predicted octanol–water partition coefficient (Wildman–Crippen LogP) is 2.72. The molecule has 44 valence electrons. The van der Waals surface area contributed by atoms with Crippen LogP contribution in [0.25, 0.3) is 0 Å². The molecule has 0 bridgehead atoms. The van der Waals surface area contributed by atoms with Gasteiger partial charge in [0.15, 0.2) is 0 Å². The van der Waals surface area contributed by atoms with Gasteiger partial charge < -0.3 is 0 Å². The summed E-state index contributed by atoms with van der Waals surface area (Å²) in [6.45, 7) is 10.9. The Morgan fingerprint density at radius 1 is 1.00 bits per heavy atom. The van der Waals surface area contributed by atoms with E-state index >= 15 is 0 Å². The largest absolute Gasteiger partial charge is 0.101 e. The van der Waals surface area contributed by atoms with Crippen molar-refractivity contribution in [2.45, 2.75) is 3.42 Å². The summed E-state index contributed by atoms with van der Waals surface area (Å²) in [6, 6.07) is 0. The van der Waals surface area contributed by atoms with Gasteiger partial charge in [0.25, 0.3) is 0 Å². The lowest BCUT2D eigenvalue weighted by Gasteiger charge is -2.10. The first-order valence-electron chi connectivity index (χ1n) is 2.28. The van der Waals surface area contributed by atoms with Gasteiger partial charge in [0.05, 0.1) is 3.42 Å². The van der Waals surface area contributed by atoms with Crippen LogP contribution < -0.4 is 0 Å². The minimum atomic E-state index is -0.113. The highest BCUT2D eigenvalue weighted by Crippen LogP contribution is 2.21. The molecule has 0 radical (unpaired) electrons. The molecule has 0 saturated heterocycles. The third-order valence-electron chi connectivity index (χ3n) is 0.939. The fourth-order valence-electron chi connectivity index (χ4n) is 0.250. The van der Waals surface area contributed by atoms with Crippen LogP contribution in [0.5, 0.6) is 0 Å². The molecule has 0 rings (SSSR count). The molecular formula is C7H9I. The van der Waals surface area contributed by atoms with E-state index in [1.54, 1.807) is 18.2 Å². The van der Waals surface area contributed by atoms with Gasteiger partial charge >= 0.3 is 0 Å². The highest BCUT2D eigenvalue weighted by atomic mass is 127. The molecule has 0 amide bonds. The van der Waals surface area contributed by atoms with Gasteiger partial charge in [-0.1, -0.05) is 40.8 Å². The first kappa shape index (κ1) is 7.95. The molecule has 0 unspecified atom stereocenters. The SMILES string of the molecule is C=CC(I)(C=C)C=C. The number of hydrogen-bond donors (Lipinski definition) is 0. The van der Waals surface area contributed by atoms with Gasteiger partial charge in [0, 0.05) is 0 Å². The van der Waals surface area contributed by atoms with E-state index in [0.717, 1.165) is 0 Å². The van der Waals surface area contributed by atoms with Gasteiger partial charge in [-0.05, 0) is 0 Å². The average molecular weight is 220 g/mol. The summed E-state index contributed by atoms with van der Waals surface area (Å²) in [5, 5.41) is 0. The summed E-state index contributed by atoms with van der Waals surface area (Å²) in [4.78, 5) is 0. The van der Waals surface area contributed by atoms with Crippen molar-refractivity contribution in [3.05, 3.63) is 38.0 Å². The Labute approximate surface area is 64.1 Å². The van der Waals surface area contributed by atoms with Gasteiger partial charge in [0.1, 0.15) is 0 Å². The Balaban J connectivity index is 4.18. The van der Waals surface area contributed by atoms with E-state index in [1.165, 1.54) is 0 Å². The molecule has 0 aromatic heterocycles. The third-order valence-corrected chi connectivity index (χ3v) is 2.26. The van der Waals surface area contributed by atoms with E-state index in [-0.39, 0.29) is 3.42 Å². The second kappa shape index (κ2) is 3.07. The molecule has 0 aliphatic rings. The Hall–Kier alpha value is -0.0500. The van der Waals surface area contributed by atoms with E-state index in [9.17, 15) is 0 Å². The number of rotatable bonds is 3. The second-order valence-electron chi connectivity index (χ2n) is 1.44. The Bertz CT molecular complexity index is 91.8. The van der Waals surface area contributed by atoms with E-state index in [0.29, 0.717) is 0 Å². The molecule has 0 aromatic carbocycles. The molecule has 0 spiro atoms. The van der Waals surface area contributed by atoms with Crippen molar-refractivity contribution in [3.63, 3.8) is 0 Å². The van der Waals surface area contributed by atoms with Crippen molar-refractivity contribution < 1.29 is 0 Å². The fraction of sp³-hybridized carbons (Fsp3) is 0.143. The normalized spacial score (nSPS) is 10.1. The lowest BCUT2D eigenvalue weighted by Crippen LogP contribution is -2.05. The second-order valence-corrected chi connectivity index (χ2v) is 3.31. The highest BCUT2D eigenvalue weighted by molar-refractivity contribution is 14.1. The third kappa shape index (κ3) is 1.82. The maximum Gasteiger partial charge on any atom is 0.0753 e. The summed E-state index contributed by atoms with van der Waals surface area (Å²) < 4.78 is -0.113. The number of halogens is 1. The summed E-state index contributed by atoms with van der Waals surface area (Å²) in [5.41, 5.74) is 0. The molecule has 0 aliphatic heterocycles. The van der Waals surface area contributed by atoms with Crippen molar-refractivity contribution in [3.8, 4) is 0 Å². The number of allylic oxidation sites excluding steroid dienone is 3. The quantitative estimate of drug-likeness (QED) is 0.389. The zero-order valence-electron chi connectivity index (χ0n) is 4.73. The van der Waals surface area contributed by atoms with Crippen LogP contribution in [0.1, 0.15) is 0 Å². The van der Waals surface area contributed by atoms with Crippen LogP contribution in [0, 0.1) is 0 Å². The van der Waals surface area contributed by atoms with Crippen LogP contribution in [0.4, 0.5) is 0 Å². The van der Waals surface area contributed by atoms with E-state index in [1.807, 2.05) is 0 Å². The minimum Gasteiger partial charge on any atom is -0.101 e.